The summed E-state index contributed by atoms with van der Waals surface area (Å²) >= 11 is 0. The molecule has 2 rings (SSSR count). The number of rotatable bonds is 4. The zero-order chi connectivity index (χ0) is 13.8. The van der Waals surface area contributed by atoms with Crippen LogP contribution in [0.15, 0.2) is 0 Å². The summed E-state index contributed by atoms with van der Waals surface area (Å²) in [7, 11) is 0. The van der Waals surface area contributed by atoms with Gasteiger partial charge in [-0.1, -0.05) is 20.8 Å². The van der Waals surface area contributed by atoms with Crippen LogP contribution in [0, 0.1) is 5.92 Å². The van der Waals surface area contributed by atoms with Gasteiger partial charge in [-0.3, -0.25) is 9.69 Å². The number of nitrogens with zero attached hydrogens (tertiary/aromatic N) is 2. The molecular formula is C15H29N3O. The van der Waals surface area contributed by atoms with Gasteiger partial charge < -0.3 is 10.2 Å². The highest BCUT2D eigenvalue weighted by molar-refractivity contribution is 5.82. The number of hydrogen-bond donors (Lipinski definition) is 1. The lowest BCUT2D eigenvalue weighted by Crippen LogP contribution is -2.52. The molecule has 0 bridgehead atoms. The Kier molecular flexibility index (Phi) is 5.22. The van der Waals surface area contributed by atoms with Gasteiger partial charge >= 0.3 is 0 Å². The summed E-state index contributed by atoms with van der Waals surface area (Å²) in [5.41, 5.74) is 0. The van der Waals surface area contributed by atoms with Crippen molar-refractivity contribution in [2.45, 2.75) is 52.1 Å². The van der Waals surface area contributed by atoms with E-state index in [4.69, 9.17) is 0 Å². The van der Waals surface area contributed by atoms with Crippen LogP contribution in [0.1, 0.15) is 40.0 Å². The Labute approximate surface area is 117 Å². The van der Waals surface area contributed by atoms with Gasteiger partial charge in [-0.15, -0.1) is 0 Å². The molecule has 0 saturated carbocycles. The lowest BCUT2D eigenvalue weighted by atomic mass is 9.92. The molecule has 4 heteroatoms. The predicted octanol–water partition coefficient (Wildman–Crippen LogP) is 1.32. The second-order valence-corrected chi connectivity index (χ2v) is 6.00. The molecule has 2 fully saturated rings. The number of amides is 1. The quantitative estimate of drug-likeness (QED) is 0.834. The number of carbonyl (C=O) groups excluding carboxylic acids is 1. The normalized spacial score (nSPS) is 32.0. The number of likely N-dealkylation sites (tertiary alicyclic amines) is 1. The van der Waals surface area contributed by atoms with Crippen LogP contribution in [0.5, 0.6) is 0 Å². The minimum absolute atomic E-state index is 0.0594. The highest BCUT2D eigenvalue weighted by atomic mass is 16.2. The molecule has 3 unspecified atom stereocenters. The van der Waals surface area contributed by atoms with Gasteiger partial charge in [0.05, 0.1) is 6.04 Å². The van der Waals surface area contributed by atoms with Crippen molar-refractivity contribution in [2.75, 3.05) is 32.7 Å². The van der Waals surface area contributed by atoms with Crippen molar-refractivity contribution in [1.29, 1.82) is 0 Å². The molecule has 2 aliphatic heterocycles. The molecule has 0 aromatic rings. The van der Waals surface area contributed by atoms with E-state index in [1.165, 1.54) is 12.8 Å². The van der Waals surface area contributed by atoms with Crippen LogP contribution in [-0.4, -0.2) is 60.5 Å². The predicted molar refractivity (Wildman–Crippen MR) is 78.1 cm³/mol. The third-order valence-corrected chi connectivity index (χ3v) is 4.84. The second kappa shape index (κ2) is 6.71. The van der Waals surface area contributed by atoms with Crippen molar-refractivity contribution in [3.8, 4) is 0 Å². The molecule has 4 nitrogen and oxygen atoms in total. The third-order valence-electron chi connectivity index (χ3n) is 4.84. The number of likely N-dealkylation sites (N-methyl/N-ethyl adjacent to an activating group) is 1. The van der Waals surface area contributed by atoms with E-state index in [0.717, 1.165) is 39.1 Å². The molecule has 3 atom stereocenters. The molecule has 2 aliphatic rings. The maximum Gasteiger partial charge on any atom is 0.240 e. The Morgan fingerprint density at radius 1 is 1.32 bits per heavy atom. The molecule has 2 saturated heterocycles. The highest BCUT2D eigenvalue weighted by Gasteiger charge is 2.35. The van der Waals surface area contributed by atoms with Gasteiger partial charge in [-0.2, -0.15) is 0 Å². The van der Waals surface area contributed by atoms with Crippen molar-refractivity contribution in [3.63, 3.8) is 0 Å². The zero-order valence-electron chi connectivity index (χ0n) is 12.7. The number of carbonyl (C=O) groups is 1. The summed E-state index contributed by atoms with van der Waals surface area (Å²) < 4.78 is 0. The average molecular weight is 267 g/mol. The van der Waals surface area contributed by atoms with Crippen LogP contribution in [-0.2, 0) is 4.79 Å². The number of nitrogens with one attached hydrogen (secondary N) is 1. The fraction of sp³-hybridized carbons (Fsp3) is 0.933. The molecular weight excluding hydrogens is 238 g/mol. The lowest BCUT2D eigenvalue weighted by Gasteiger charge is -2.33. The van der Waals surface area contributed by atoms with Crippen LogP contribution < -0.4 is 5.32 Å². The van der Waals surface area contributed by atoms with Crippen LogP contribution in [0.2, 0.25) is 0 Å². The van der Waals surface area contributed by atoms with Gasteiger partial charge in [0.25, 0.3) is 0 Å². The highest BCUT2D eigenvalue weighted by Crippen LogP contribution is 2.21. The van der Waals surface area contributed by atoms with Gasteiger partial charge in [0.15, 0.2) is 0 Å². The van der Waals surface area contributed by atoms with E-state index in [1.807, 2.05) is 0 Å². The van der Waals surface area contributed by atoms with Gasteiger partial charge in [0.2, 0.25) is 5.91 Å². The molecule has 1 N–H and O–H groups in total. The van der Waals surface area contributed by atoms with Crippen molar-refractivity contribution in [2.24, 2.45) is 5.92 Å². The first-order chi connectivity index (χ1) is 9.17. The maximum atomic E-state index is 12.6. The maximum absolute atomic E-state index is 12.6. The van der Waals surface area contributed by atoms with E-state index in [2.05, 4.69) is 35.9 Å². The lowest BCUT2D eigenvalue weighted by molar-refractivity contribution is -0.134. The molecule has 2 heterocycles. The van der Waals surface area contributed by atoms with Gasteiger partial charge in [-0.05, 0) is 44.8 Å². The summed E-state index contributed by atoms with van der Waals surface area (Å²) in [4.78, 5) is 17.2. The van der Waals surface area contributed by atoms with Crippen LogP contribution >= 0.6 is 0 Å². The molecule has 0 aromatic carbocycles. The Bertz CT molecular complexity index is 304. The molecule has 1 amide bonds. The SMILES string of the molecule is CCN(CC)C1CCN(C(=O)C2NCCCC2C)C1. The Morgan fingerprint density at radius 3 is 2.68 bits per heavy atom. The molecule has 0 aliphatic carbocycles. The Hall–Kier alpha value is -0.610. The van der Waals surface area contributed by atoms with Crippen LogP contribution in [0.3, 0.4) is 0 Å². The monoisotopic (exact) mass is 267 g/mol. The number of piperidine rings is 1. The first-order valence-corrected chi connectivity index (χ1v) is 7.93. The van der Waals surface area contributed by atoms with Crippen LogP contribution in [0.4, 0.5) is 0 Å². The molecule has 0 spiro atoms. The molecule has 0 radical (unpaired) electrons. The Morgan fingerprint density at radius 2 is 2.05 bits per heavy atom. The van der Waals surface area contributed by atoms with Crippen molar-refractivity contribution >= 4 is 5.91 Å². The fourth-order valence-electron chi connectivity index (χ4n) is 3.56. The minimum atomic E-state index is 0.0594. The van der Waals surface area contributed by atoms with E-state index in [-0.39, 0.29) is 6.04 Å². The third kappa shape index (κ3) is 3.29. The standard InChI is InChI=1S/C15H29N3O/c1-4-17(5-2)13-8-10-18(11-13)15(19)14-12(3)7-6-9-16-14/h12-14,16H,4-11H2,1-3H3. The van der Waals surface area contributed by atoms with E-state index < -0.39 is 0 Å². The van der Waals surface area contributed by atoms with Crippen molar-refractivity contribution in [1.82, 2.24) is 15.1 Å². The van der Waals surface area contributed by atoms with E-state index in [0.29, 0.717) is 17.9 Å². The van der Waals surface area contributed by atoms with E-state index in [1.54, 1.807) is 0 Å². The molecule has 110 valence electrons. The minimum Gasteiger partial charge on any atom is -0.340 e. The largest absolute Gasteiger partial charge is 0.340 e. The van der Waals surface area contributed by atoms with Crippen LogP contribution in [0.25, 0.3) is 0 Å². The summed E-state index contributed by atoms with van der Waals surface area (Å²) in [6.45, 7) is 11.6. The Balaban J connectivity index is 1.90. The fourth-order valence-corrected chi connectivity index (χ4v) is 3.56. The topological polar surface area (TPSA) is 35.6 Å². The van der Waals surface area contributed by atoms with Crippen molar-refractivity contribution in [3.05, 3.63) is 0 Å². The van der Waals surface area contributed by atoms with E-state index >= 15 is 0 Å². The summed E-state index contributed by atoms with van der Waals surface area (Å²) in [5.74, 6) is 0.815. The molecule has 19 heavy (non-hydrogen) atoms. The van der Waals surface area contributed by atoms with E-state index in [9.17, 15) is 4.79 Å². The smallest absolute Gasteiger partial charge is 0.240 e. The average Bonchev–Trinajstić information content (AvgIpc) is 2.90. The summed E-state index contributed by atoms with van der Waals surface area (Å²) in [5, 5.41) is 3.41. The summed E-state index contributed by atoms with van der Waals surface area (Å²) in [6.07, 6.45) is 3.51. The van der Waals surface area contributed by atoms with Gasteiger partial charge in [0.1, 0.15) is 0 Å². The zero-order valence-corrected chi connectivity index (χ0v) is 12.7. The first kappa shape index (κ1) is 14.8. The van der Waals surface area contributed by atoms with Crippen molar-refractivity contribution < 1.29 is 4.79 Å². The molecule has 0 aromatic heterocycles. The number of hydrogen-bond acceptors (Lipinski definition) is 3. The first-order valence-electron chi connectivity index (χ1n) is 7.93. The second-order valence-electron chi connectivity index (χ2n) is 6.00. The summed E-state index contributed by atoms with van der Waals surface area (Å²) in [6, 6.07) is 0.627. The van der Waals surface area contributed by atoms with Gasteiger partial charge in [0, 0.05) is 19.1 Å². The van der Waals surface area contributed by atoms with Gasteiger partial charge in [-0.25, -0.2) is 0 Å².